The van der Waals surface area contributed by atoms with E-state index in [1.807, 2.05) is 30.3 Å². The maximum atomic E-state index is 11.1. The van der Waals surface area contributed by atoms with Crippen LogP contribution in [0.25, 0.3) is 0 Å². The zero-order valence-electron chi connectivity index (χ0n) is 9.75. The van der Waals surface area contributed by atoms with Crippen LogP contribution >= 0.6 is 0 Å². The molecule has 0 bridgehead atoms. The molecule has 1 aliphatic carbocycles. The van der Waals surface area contributed by atoms with E-state index in [-0.39, 0.29) is 12.0 Å². The van der Waals surface area contributed by atoms with Gasteiger partial charge in [-0.1, -0.05) is 43.2 Å². The lowest BCUT2D eigenvalue weighted by Gasteiger charge is -2.35. The minimum atomic E-state index is -0.766. The van der Waals surface area contributed by atoms with E-state index in [1.165, 1.54) is 0 Å². The first-order valence-corrected chi connectivity index (χ1v) is 6.02. The van der Waals surface area contributed by atoms with E-state index in [9.17, 15) is 10.0 Å². The third-order valence-corrected chi connectivity index (χ3v) is 3.50. The van der Waals surface area contributed by atoms with Crippen LogP contribution < -0.4 is 5.73 Å². The molecule has 0 aromatic heterocycles. The van der Waals surface area contributed by atoms with Crippen molar-refractivity contribution < 1.29 is 10.0 Å². The van der Waals surface area contributed by atoms with Gasteiger partial charge in [0.2, 0.25) is 0 Å². The molecular formula is C13H18N2O2. The van der Waals surface area contributed by atoms with E-state index in [0.717, 1.165) is 31.2 Å². The Kier molecular flexibility index (Phi) is 3.64. The van der Waals surface area contributed by atoms with Crippen LogP contribution in [0.3, 0.4) is 0 Å². The van der Waals surface area contributed by atoms with Gasteiger partial charge in [-0.2, -0.15) is 0 Å². The largest absolute Gasteiger partial charge is 0.350 e. The fraction of sp³-hybridized carbons (Fsp3) is 0.462. The molecule has 0 aliphatic heterocycles. The molecule has 3 N–H and O–H groups in total. The maximum absolute atomic E-state index is 11.1. The molecule has 4 nitrogen and oxygen atoms in total. The molecule has 0 unspecified atom stereocenters. The number of nitrogens with two attached hydrogens (primary N) is 1. The van der Waals surface area contributed by atoms with Crippen LogP contribution in [-0.2, 0) is 0 Å². The minimum Gasteiger partial charge on any atom is -0.350 e. The maximum Gasteiger partial charge on any atom is 0.338 e. The van der Waals surface area contributed by atoms with Gasteiger partial charge >= 0.3 is 6.03 Å². The van der Waals surface area contributed by atoms with Crippen molar-refractivity contribution in [2.75, 3.05) is 0 Å². The Labute approximate surface area is 101 Å². The third kappa shape index (κ3) is 2.58. The molecule has 1 aromatic rings. The molecule has 0 spiro atoms. The Morgan fingerprint density at radius 1 is 1.24 bits per heavy atom. The SMILES string of the molecule is NC(=O)N(O)[C@H]1CCCC[C@@H]1c1ccccc1. The molecule has 1 aromatic carbocycles. The van der Waals surface area contributed by atoms with Gasteiger partial charge in [0, 0.05) is 5.92 Å². The van der Waals surface area contributed by atoms with E-state index in [4.69, 9.17) is 5.73 Å². The van der Waals surface area contributed by atoms with Gasteiger partial charge in [-0.15, -0.1) is 0 Å². The minimum absolute atomic E-state index is 0.183. The summed E-state index contributed by atoms with van der Waals surface area (Å²) in [5.74, 6) is 0.183. The smallest absolute Gasteiger partial charge is 0.338 e. The zero-order chi connectivity index (χ0) is 12.3. The summed E-state index contributed by atoms with van der Waals surface area (Å²) in [4.78, 5) is 11.1. The number of carbonyl (C=O) groups excluding carboxylic acids is 1. The molecule has 2 atom stereocenters. The van der Waals surface area contributed by atoms with E-state index < -0.39 is 6.03 Å². The molecule has 1 saturated carbocycles. The molecule has 1 aliphatic rings. The summed E-state index contributed by atoms with van der Waals surface area (Å²) < 4.78 is 0. The van der Waals surface area contributed by atoms with Crippen molar-refractivity contribution in [3.8, 4) is 0 Å². The summed E-state index contributed by atoms with van der Waals surface area (Å²) in [6.07, 6.45) is 3.94. The van der Waals surface area contributed by atoms with Crippen molar-refractivity contribution in [3.63, 3.8) is 0 Å². The number of urea groups is 1. The van der Waals surface area contributed by atoms with Gasteiger partial charge in [-0.3, -0.25) is 5.21 Å². The predicted molar refractivity (Wildman–Crippen MR) is 64.6 cm³/mol. The van der Waals surface area contributed by atoms with Gasteiger partial charge < -0.3 is 5.73 Å². The van der Waals surface area contributed by atoms with Crippen LogP contribution in [0.5, 0.6) is 0 Å². The number of primary amides is 1. The molecule has 0 radical (unpaired) electrons. The van der Waals surface area contributed by atoms with Crippen molar-refractivity contribution in [1.29, 1.82) is 0 Å². The van der Waals surface area contributed by atoms with Crippen LogP contribution in [0.4, 0.5) is 4.79 Å². The first kappa shape index (κ1) is 11.9. The lowest BCUT2D eigenvalue weighted by atomic mass is 9.80. The molecule has 1 fully saturated rings. The highest BCUT2D eigenvalue weighted by Gasteiger charge is 2.32. The monoisotopic (exact) mass is 234 g/mol. The number of hydroxylamine groups is 2. The molecule has 0 heterocycles. The van der Waals surface area contributed by atoms with Crippen LogP contribution in [0.2, 0.25) is 0 Å². The van der Waals surface area contributed by atoms with Crippen molar-refractivity contribution in [2.45, 2.75) is 37.6 Å². The zero-order valence-corrected chi connectivity index (χ0v) is 9.75. The Morgan fingerprint density at radius 3 is 2.53 bits per heavy atom. The van der Waals surface area contributed by atoms with Gasteiger partial charge in [-0.25, -0.2) is 9.86 Å². The van der Waals surface area contributed by atoms with Gasteiger partial charge in [0.05, 0.1) is 6.04 Å². The number of rotatable bonds is 2. The number of amides is 2. The number of carbonyl (C=O) groups is 1. The Bertz CT molecular complexity index is 380. The number of nitrogens with zero attached hydrogens (tertiary/aromatic N) is 1. The lowest BCUT2D eigenvalue weighted by Crippen LogP contribution is -2.45. The molecule has 2 rings (SSSR count). The predicted octanol–water partition coefficient (Wildman–Crippen LogP) is 2.48. The fourth-order valence-corrected chi connectivity index (χ4v) is 2.66. The quantitative estimate of drug-likeness (QED) is 0.609. The summed E-state index contributed by atoms with van der Waals surface area (Å²) >= 11 is 0. The number of benzene rings is 1. The van der Waals surface area contributed by atoms with E-state index in [1.54, 1.807) is 0 Å². The van der Waals surface area contributed by atoms with Gasteiger partial charge in [-0.05, 0) is 18.4 Å². The molecule has 2 amide bonds. The molecular weight excluding hydrogens is 216 g/mol. The topological polar surface area (TPSA) is 66.6 Å². The highest BCUT2D eigenvalue weighted by molar-refractivity contribution is 5.71. The molecule has 92 valence electrons. The van der Waals surface area contributed by atoms with Crippen LogP contribution in [0.1, 0.15) is 37.2 Å². The van der Waals surface area contributed by atoms with Gasteiger partial charge in [0.1, 0.15) is 0 Å². The average molecular weight is 234 g/mol. The van der Waals surface area contributed by atoms with Crippen molar-refractivity contribution in [1.82, 2.24) is 5.06 Å². The van der Waals surface area contributed by atoms with Crippen molar-refractivity contribution in [3.05, 3.63) is 35.9 Å². The standard InChI is InChI=1S/C13H18N2O2/c14-13(16)15(17)12-9-5-4-8-11(12)10-6-2-1-3-7-10/h1-3,6-7,11-12,17H,4-5,8-9H2,(H2,14,16)/t11-,12+/m1/s1. The van der Waals surface area contributed by atoms with Gasteiger partial charge in [0.25, 0.3) is 0 Å². The summed E-state index contributed by atoms with van der Waals surface area (Å²) in [5.41, 5.74) is 6.31. The summed E-state index contributed by atoms with van der Waals surface area (Å²) in [5, 5.41) is 10.4. The molecule has 0 saturated heterocycles. The second kappa shape index (κ2) is 5.19. The average Bonchev–Trinajstić information content (AvgIpc) is 2.39. The first-order valence-electron chi connectivity index (χ1n) is 6.02. The number of hydrogen-bond acceptors (Lipinski definition) is 2. The highest BCUT2D eigenvalue weighted by atomic mass is 16.5. The van der Waals surface area contributed by atoms with Crippen LogP contribution in [0, 0.1) is 0 Å². The Morgan fingerprint density at radius 2 is 1.88 bits per heavy atom. The normalized spacial score (nSPS) is 24.3. The third-order valence-electron chi connectivity index (χ3n) is 3.50. The van der Waals surface area contributed by atoms with Crippen LogP contribution in [-0.4, -0.2) is 22.3 Å². The lowest BCUT2D eigenvalue weighted by molar-refractivity contribution is -0.0903. The van der Waals surface area contributed by atoms with E-state index in [0.29, 0.717) is 5.06 Å². The Hall–Kier alpha value is -1.55. The highest BCUT2D eigenvalue weighted by Crippen LogP contribution is 2.35. The molecule has 4 heteroatoms. The second-order valence-corrected chi connectivity index (χ2v) is 4.55. The Balaban J connectivity index is 2.21. The van der Waals surface area contributed by atoms with Crippen LogP contribution in [0.15, 0.2) is 30.3 Å². The summed E-state index contributed by atoms with van der Waals surface area (Å²) in [7, 11) is 0. The van der Waals surface area contributed by atoms with E-state index in [2.05, 4.69) is 0 Å². The first-order chi connectivity index (χ1) is 8.20. The van der Waals surface area contributed by atoms with Gasteiger partial charge in [0.15, 0.2) is 0 Å². The van der Waals surface area contributed by atoms with Crippen molar-refractivity contribution >= 4 is 6.03 Å². The fourth-order valence-electron chi connectivity index (χ4n) is 2.66. The second-order valence-electron chi connectivity index (χ2n) is 4.55. The van der Waals surface area contributed by atoms with E-state index >= 15 is 0 Å². The molecule has 17 heavy (non-hydrogen) atoms. The number of hydrogen-bond donors (Lipinski definition) is 2. The summed E-state index contributed by atoms with van der Waals surface area (Å²) in [6.45, 7) is 0. The van der Waals surface area contributed by atoms with Crippen molar-refractivity contribution in [2.24, 2.45) is 5.73 Å². The summed E-state index contributed by atoms with van der Waals surface area (Å²) in [6, 6.07) is 9.04.